The number of carboxylic acids is 1. The molecule has 0 amide bonds. The van der Waals surface area contributed by atoms with Gasteiger partial charge in [-0.2, -0.15) is 0 Å². The first-order valence-corrected chi connectivity index (χ1v) is 7.00. The predicted molar refractivity (Wildman–Crippen MR) is 77.7 cm³/mol. The molecule has 0 bridgehead atoms. The van der Waals surface area contributed by atoms with Crippen molar-refractivity contribution in [2.24, 2.45) is 0 Å². The molecule has 2 rings (SSSR count). The van der Waals surface area contributed by atoms with Gasteiger partial charge in [-0.15, -0.1) is 0 Å². The second-order valence-corrected chi connectivity index (χ2v) is 5.27. The maximum absolute atomic E-state index is 11.3. The highest BCUT2D eigenvalue weighted by Crippen LogP contribution is 2.35. The van der Waals surface area contributed by atoms with Crippen LogP contribution in [0, 0.1) is 0 Å². The molecule has 1 N–H and O–H groups in total. The number of carbonyl (C=O) groups is 1. The molecule has 3 nitrogen and oxygen atoms in total. The van der Waals surface area contributed by atoms with E-state index in [0.29, 0.717) is 5.94 Å². The van der Waals surface area contributed by atoms with Crippen molar-refractivity contribution >= 4 is 28.5 Å². The first kappa shape index (κ1) is 13.9. The van der Waals surface area contributed by atoms with E-state index in [1.165, 1.54) is 11.8 Å². The zero-order valence-electron chi connectivity index (χ0n) is 10.9. The molecule has 2 aromatic rings. The average molecular weight is 276 g/mol. The summed E-state index contributed by atoms with van der Waals surface area (Å²) in [6.45, 7) is 1.72. The number of fused-ring (bicyclic) bond motifs is 1. The van der Waals surface area contributed by atoms with Gasteiger partial charge < -0.3 is 9.84 Å². The zero-order valence-corrected chi connectivity index (χ0v) is 11.7. The molecule has 0 aliphatic heterocycles. The van der Waals surface area contributed by atoms with E-state index in [4.69, 9.17) is 4.74 Å². The lowest BCUT2D eigenvalue weighted by molar-refractivity contribution is -0.138. The molecule has 2 aromatic carbocycles. The first-order valence-electron chi connectivity index (χ1n) is 6.01. The number of thioether (sulfide) groups is 1. The summed E-state index contributed by atoms with van der Waals surface area (Å²) in [6.07, 6.45) is 0. The number of benzene rings is 2. The van der Waals surface area contributed by atoms with Crippen LogP contribution in [0.1, 0.15) is 18.4 Å². The van der Waals surface area contributed by atoms with E-state index >= 15 is 0 Å². The molecule has 0 heterocycles. The Balaban J connectivity index is 2.60. The summed E-state index contributed by atoms with van der Waals surface area (Å²) in [4.78, 5) is 12.3. The van der Waals surface area contributed by atoms with Gasteiger partial charge >= 0.3 is 5.97 Å². The molecule has 0 fully saturated rings. The van der Waals surface area contributed by atoms with Gasteiger partial charge in [-0.05, 0) is 29.3 Å². The van der Waals surface area contributed by atoms with E-state index in [-0.39, 0.29) is 0 Å². The summed E-state index contributed by atoms with van der Waals surface area (Å²) in [6, 6.07) is 11.9. The Morgan fingerprint density at radius 1 is 1.32 bits per heavy atom. The van der Waals surface area contributed by atoms with Crippen LogP contribution in [0.5, 0.6) is 0 Å². The predicted octanol–water partition coefficient (Wildman–Crippen LogP) is 3.72. The van der Waals surface area contributed by atoms with Gasteiger partial charge in [-0.1, -0.05) is 42.1 Å². The quantitative estimate of drug-likeness (QED) is 0.668. The van der Waals surface area contributed by atoms with Gasteiger partial charge in [0.05, 0.1) is 11.9 Å². The van der Waals surface area contributed by atoms with Gasteiger partial charge in [0.1, 0.15) is 0 Å². The number of aliphatic carboxylic acids is 1. The molecule has 0 aliphatic rings. The van der Waals surface area contributed by atoms with Crippen LogP contribution in [0.3, 0.4) is 0 Å². The summed E-state index contributed by atoms with van der Waals surface area (Å²) < 4.78 is 5.07. The third kappa shape index (κ3) is 2.91. The van der Waals surface area contributed by atoms with Gasteiger partial charge in [-0.3, -0.25) is 4.79 Å². The van der Waals surface area contributed by atoms with Crippen LogP contribution in [0.2, 0.25) is 0 Å². The second kappa shape index (κ2) is 6.08. The number of ether oxygens (including phenoxy) is 1. The van der Waals surface area contributed by atoms with Gasteiger partial charge in [-0.25, -0.2) is 0 Å². The summed E-state index contributed by atoms with van der Waals surface area (Å²) in [5.74, 6) is -0.835. The average Bonchev–Trinajstić information content (AvgIpc) is 2.43. The Bertz CT molecular complexity index is 595. The fourth-order valence-electron chi connectivity index (χ4n) is 2.09. The summed E-state index contributed by atoms with van der Waals surface area (Å²) in [5.41, 5.74) is 0.868. The van der Waals surface area contributed by atoms with Crippen molar-refractivity contribution in [1.82, 2.24) is 0 Å². The highest BCUT2D eigenvalue weighted by Gasteiger charge is 2.20. The topological polar surface area (TPSA) is 46.5 Å². The summed E-state index contributed by atoms with van der Waals surface area (Å²) >= 11 is 1.52. The van der Waals surface area contributed by atoms with Gasteiger partial charge in [0.2, 0.25) is 0 Å². The van der Waals surface area contributed by atoms with Crippen LogP contribution in [-0.2, 0) is 9.53 Å². The molecular weight excluding hydrogens is 260 g/mol. The molecular formula is C15H16O3S. The lowest BCUT2D eigenvalue weighted by atomic mass is 9.95. The first-order chi connectivity index (χ1) is 9.15. The largest absolute Gasteiger partial charge is 0.481 e. The van der Waals surface area contributed by atoms with Crippen molar-refractivity contribution in [3.8, 4) is 0 Å². The van der Waals surface area contributed by atoms with Crippen LogP contribution < -0.4 is 0 Å². The highest BCUT2D eigenvalue weighted by atomic mass is 32.2. The van der Waals surface area contributed by atoms with Crippen molar-refractivity contribution in [3.63, 3.8) is 0 Å². The van der Waals surface area contributed by atoms with Crippen molar-refractivity contribution in [1.29, 1.82) is 0 Å². The number of hydrogen-bond donors (Lipinski definition) is 1. The molecule has 0 saturated heterocycles. The Hall–Kier alpha value is -1.52. The molecule has 0 aliphatic carbocycles. The monoisotopic (exact) mass is 276 g/mol. The Kier molecular flexibility index (Phi) is 4.45. The Morgan fingerprint density at radius 2 is 2.05 bits per heavy atom. The van der Waals surface area contributed by atoms with Crippen molar-refractivity contribution < 1.29 is 14.6 Å². The van der Waals surface area contributed by atoms with Crippen LogP contribution in [0.15, 0.2) is 41.3 Å². The smallest absolute Gasteiger partial charge is 0.310 e. The molecule has 0 aromatic heterocycles. The lowest BCUT2D eigenvalue weighted by Gasteiger charge is -2.15. The highest BCUT2D eigenvalue weighted by molar-refractivity contribution is 7.99. The van der Waals surface area contributed by atoms with Crippen molar-refractivity contribution in [3.05, 3.63) is 42.0 Å². The minimum Gasteiger partial charge on any atom is -0.481 e. The maximum Gasteiger partial charge on any atom is 0.310 e. The van der Waals surface area contributed by atoms with E-state index in [1.807, 2.05) is 36.4 Å². The molecule has 0 saturated carbocycles. The zero-order chi connectivity index (χ0) is 13.8. The third-order valence-electron chi connectivity index (χ3n) is 3.07. The Labute approximate surface area is 116 Å². The standard InChI is InChI=1S/C15H16O3S/c1-10(15(16)17)14-12-6-4-3-5-11(12)7-8-13(14)19-9-18-2/h3-8,10H,9H2,1-2H3,(H,16,17). The summed E-state index contributed by atoms with van der Waals surface area (Å²) in [7, 11) is 1.63. The van der Waals surface area contributed by atoms with E-state index in [1.54, 1.807) is 14.0 Å². The minimum atomic E-state index is -0.810. The number of methoxy groups -OCH3 is 1. The number of hydrogen-bond acceptors (Lipinski definition) is 3. The van der Waals surface area contributed by atoms with Gasteiger partial charge in [0.25, 0.3) is 0 Å². The van der Waals surface area contributed by atoms with Gasteiger partial charge in [0, 0.05) is 12.0 Å². The minimum absolute atomic E-state index is 0.512. The van der Waals surface area contributed by atoms with E-state index in [2.05, 4.69) is 0 Å². The van der Waals surface area contributed by atoms with E-state index in [0.717, 1.165) is 21.2 Å². The van der Waals surface area contributed by atoms with Crippen LogP contribution >= 0.6 is 11.8 Å². The van der Waals surface area contributed by atoms with Crippen LogP contribution in [0.4, 0.5) is 0 Å². The third-order valence-corrected chi connectivity index (χ3v) is 4.09. The molecule has 100 valence electrons. The summed E-state index contributed by atoms with van der Waals surface area (Å²) in [5, 5.41) is 11.4. The fraction of sp³-hybridized carbons (Fsp3) is 0.267. The molecule has 1 atom stereocenters. The number of rotatable bonds is 5. The SMILES string of the molecule is COCSc1ccc2ccccc2c1C(C)C(=O)O. The number of carboxylic acid groups (broad SMARTS) is 1. The van der Waals surface area contributed by atoms with Crippen LogP contribution in [-0.4, -0.2) is 24.1 Å². The lowest BCUT2D eigenvalue weighted by Crippen LogP contribution is -2.09. The van der Waals surface area contributed by atoms with E-state index < -0.39 is 11.9 Å². The molecule has 4 heteroatoms. The van der Waals surface area contributed by atoms with E-state index in [9.17, 15) is 9.90 Å². The molecule has 0 radical (unpaired) electrons. The van der Waals surface area contributed by atoms with Crippen molar-refractivity contribution in [2.45, 2.75) is 17.7 Å². The van der Waals surface area contributed by atoms with Gasteiger partial charge in [0.15, 0.2) is 0 Å². The normalized spacial score (nSPS) is 12.5. The molecule has 19 heavy (non-hydrogen) atoms. The van der Waals surface area contributed by atoms with Crippen molar-refractivity contribution in [2.75, 3.05) is 13.0 Å². The molecule has 1 unspecified atom stereocenters. The maximum atomic E-state index is 11.3. The molecule has 0 spiro atoms. The second-order valence-electron chi connectivity index (χ2n) is 4.31. The van der Waals surface area contributed by atoms with Crippen LogP contribution in [0.25, 0.3) is 10.8 Å². The Morgan fingerprint density at radius 3 is 2.74 bits per heavy atom. The fourth-order valence-corrected chi connectivity index (χ4v) is 2.95.